The van der Waals surface area contributed by atoms with Crippen LogP contribution < -0.4 is 10.6 Å². The van der Waals surface area contributed by atoms with Crippen molar-refractivity contribution in [2.24, 2.45) is 17.3 Å². The lowest BCUT2D eigenvalue weighted by Crippen LogP contribution is -2.60. The SMILES string of the molecule is CC1(C)[C@H]2CC[C@H](C2)[C@@]1(C)NC(=O)CNC1CCCCC1. The number of rotatable bonds is 4. The Morgan fingerprint density at radius 2 is 1.67 bits per heavy atom. The number of nitrogens with one attached hydrogen (secondary N) is 2. The molecule has 0 saturated heterocycles. The molecule has 21 heavy (non-hydrogen) atoms. The number of hydrogen-bond acceptors (Lipinski definition) is 2. The molecule has 3 atom stereocenters. The van der Waals surface area contributed by atoms with Gasteiger partial charge < -0.3 is 10.6 Å². The van der Waals surface area contributed by atoms with E-state index < -0.39 is 0 Å². The second kappa shape index (κ2) is 5.57. The number of fused-ring (bicyclic) bond motifs is 2. The zero-order chi connectivity index (χ0) is 15.1. The first-order valence-electron chi connectivity index (χ1n) is 8.98. The molecule has 0 aromatic carbocycles. The molecular weight excluding hydrogens is 260 g/mol. The van der Waals surface area contributed by atoms with Crippen molar-refractivity contribution in [2.75, 3.05) is 6.54 Å². The van der Waals surface area contributed by atoms with Crippen LogP contribution in [0.25, 0.3) is 0 Å². The van der Waals surface area contributed by atoms with E-state index in [-0.39, 0.29) is 16.9 Å². The van der Waals surface area contributed by atoms with Crippen molar-refractivity contribution >= 4 is 5.91 Å². The van der Waals surface area contributed by atoms with Gasteiger partial charge in [-0.15, -0.1) is 0 Å². The highest BCUT2D eigenvalue weighted by Crippen LogP contribution is 2.61. The van der Waals surface area contributed by atoms with E-state index >= 15 is 0 Å². The molecule has 3 rings (SSSR count). The highest BCUT2D eigenvalue weighted by atomic mass is 16.2. The minimum Gasteiger partial charge on any atom is -0.349 e. The van der Waals surface area contributed by atoms with E-state index in [0.717, 1.165) is 5.92 Å². The Bertz CT molecular complexity index is 400. The van der Waals surface area contributed by atoms with Gasteiger partial charge in [-0.05, 0) is 56.3 Å². The van der Waals surface area contributed by atoms with E-state index in [9.17, 15) is 4.79 Å². The fourth-order valence-electron chi connectivity index (χ4n) is 5.25. The van der Waals surface area contributed by atoms with Crippen molar-refractivity contribution in [3.8, 4) is 0 Å². The molecular formula is C18H32N2O. The molecule has 3 fully saturated rings. The Morgan fingerprint density at radius 1 is 1.00 bits per heavy atom. The van der Waals surface area contributed by atoms with Gasteiger partial charge in [0, 0.05) is 11.6 Å². The van der Waals surface area contributed by atoms with Crippen molar-refractivity contribution in [1.29, 1.82) is 0 Å². The Labute approximate surface area is 129 Å². The normalized spacial score (nSPS) is 38.6. The van der Waals surface area contributed by atoms with Gasteiger partial charge >= 0.3 is 0 Å². The average Bonchev–Trinajstić information content (AvgIpc) is 3.01. The summed E-state index contributed by atoms with van der Waals surface area (Å²) < 4.78 is 0. The molecule has 3 heteroatoms. The van der Waals surface area contributed by atoms with Gasteiger partial charge in [0.1, 0.15) is 0 Å². The fraction of sp³-hybridized carbons (Fsp3) is 0.944. The molecule has 1 amide bonds. The first-order chi connectivity index (χ1) is 9.93. The van der Waals surface area contributed by atoms with Crippen LogP contribution in [0.2, 0.25) is 0 Å². The standard InChI is InChI=1S/C18H32N2O/c1-17(2)13-9-10-14(11-13)18(17,3)20-16(21)12-19-15-7-5-4-6-8-15/h13-15,19H,4-12H2,1-3H3,(H,20,21)/t13-,14+,18+/m0/s1. The fourth-order valence-corrected chi connectivity index (χ4v) is 5.25. The lowest BCUT2D eigenvalue weighted by atomic mass is 9.64. The summed E-state index contributed by atoms with van der Waals surface area (Å²) in [5.41, 5.74) is 0.220. The summed E-state index contributed by atoms with van der Waals surface area (Å²) in [5.74, 6) is 1.67. The van der Waals surface area contributed by atoms with Gasteiger partial charge in [-0.25, -0.2) is 0 Å². The van der Waals surface area contributed by atoms with Crippen LogP contribution >= 0.6 is 0 Å². The van der Waals surface area contributed by atoms with Crippen LogP contribution in [0, 0.1) is 17.3 Å². The Hall–Kier alpha value is -0.570. The van der Waals surface area contributed by atoms with Gasteiger partial charge in [0.2, 0.25) is 5.91 Å². The molecule has 0 aliphatic heterocycles. The predicted molar refractivity (Wildman–Crippen MR) is 86.0 cm³/mol. The summed E-state index contributed by atoms with van der Waals surface area (Å²) in [7, 11) is 0. The predicted octanol–water partition coefficient (Wildman–Crippen LogP) is 3.24. The van der Waals surface area contributed by atoms with E-state index in [0.29, 0.717) is 18.5 Å². The zero-order valence-electron chi connectivity index (χ0n) is 14.0. The molecule has 0 aromatic heterocycles. The third kappa shape index (κ3) is 2.62. The van der Waals surface area contributed by atoms with Crippen molar-refractivity contribution in [3.05, 3.63) is 0 Å². The monoisotopic (exact) mass is 292 g/mol. The Kier molecular flexibility index (Phi) is 4.06. The van der Waals surface area contributed by atoms with Gasteiger partial charge in [0.15, 0.2) is 0 Å². The molecule has 3 aliphatic rings. The van der Waals surface area contributed by atoms with E-state index in [4.69, 9.17) is 0 Å². The number of carbonyl (C=O) groups excluding carboxylic acids is 1. The number of amides is 1. The average molecular weight is 292 g/mol. The summed E-state index contributed by atoms with van der Waals surface area (Å²) in [6, 6.07) is 0.561. The van der Waals surface area contributed by atoms with Crippen LogP contribution in [0.5, 0.6) is 0 Å². The van der Waals surface area contributed by atoms with E-state index in [1.807, 2.05) is 0 Å². The molecule has 0 spiro atoms. The van der Waals surface area contributed by atoms with Crippen molar-refractivity contribution in [1.82, 2.24) is 10.6 Å². The molecule has 0 radical (unpaired) electrons. The van der Waals surface area contributed by atoms with Crippen LogP contribution in [0.3, 0.4) is 0 Å². The minimum absolute atomic E-state index is 0.0127. The summed E-state index contributed by atoms with van der Waals surface area (Å²) >= 11 is 0. The van der Waals surface area contributed by atoms with Crippen LogP contribution in [-0.4, -0.2) is 24.0 Å². The van der Waals surface area contributed by atoms with E-state index in [2.05, 4.69) is 31.4 Å². The lowest BCUT2D eigenvalue weighted by molar-refractivity contribution is -0.124. The maximum absolute atomic E-state index is 12.4. The van der Waals surface area contributed by atoms with Crippen molar-refractivity contribution < 1.29 is 4.79 Å². The van der Waals surface area contributed by atoms with Crippen molar-refractivity contribution in [2.45, 2.75) is 83.7 Å². The molecule has 3 saturated carbocycles. The van der Waals surface area contributed by atoms with Gasteiger partial charge in [-0.2, -0.15) is 0 Å². The van der Waals surface area contributed by atoms with Gasteiger partial charge in [-0.1, -0.05) is 33.1 Å². The van der Waals surface area contributed by atoms with Crippen LogP contribution in [0.4, 0.5) is 0 Å². The smallest absolute Gasteiger partial charge is 0.234 e. The maximum atomic E-state index is 12.4. The molecule has 0 heterocycles. The molecule has 0 aromatic rings. The van der Waals surface area contributed by atoms with Gasteiger partial charge in [0.25, 0.3) is 0 Å². The zero-order valence-corrected chi connectivity index (χ0v) is 14.0. The third-order valence-corrected chi connectivity index (χ3v) is 7.16. The van der Waals surface area contributed by atoms with E-state index in [1.54, 1.807) is 0 Å². The highest BCUT2D eigenvalue weighted by molar-refractivity contribution is 5.79. The second-order valence-corrected chi connectivity index (χ2v) is 8.39. The molecule has 120 valence electrons. The number of hydrogen-bond donors (Lipinski definition) is 2. The van der Waals surface area contributed by atoms with Crippen molar-refractivity contribution in [3.63, 3.8) is 0 Å². The molecule has 2 N–H and O–H groups in total. The highest BCUT2D eigenvalue weighted by Gasteiger charge is 2.60. The van der Waals surface area contributed by atoms with Crippen LogP contribution in [0.1, 0.15) is 72.1 Å². The largest absolute Gasteiger partial charge is 0.349 e. The van der Waals surface area contributed by atoms with Crippen LogP contribution in [0.15, 0.2) is 0 Å². The molecule has 0 unspecified atom stereocenters. The van der Waals surface area contributed by atoms with Gasteiger partial charge in [-0.3, -0.25) is 4.79 Å². The third-order valence-electron chi connectivity index (χ3n) is 7.16. The Morgan fingerprint density at radius 3 is 2.29 bits per heavy atom. The quantitative estimate of drug-likeness (QED) is 0.835. The van der Waals surface area contributed by atoms with Gasteiger partial charge in [0.05, 0.1) is 6.54 Å². The first kappa shape index (κ1) is 15.3. The summed E-state index contributed by atoms with van der Waals surface area (Å²) in [5, 5.41) is 6.89. The lowest BCUT2D eigenvalue weighted by Gasteiger charge is -2.48. The first-order valence-corrected chi connectivity index (χ1v) is 8.98. The Balaban J connectivity index is 1.54. The summed E-state index contributed by atoms with van der Waals surface area (Å²) in [6.45, 7) is 7.49. The topological polar surface area (TPSA) is 41.1 Å². The van der Waals surface area contributed by atoms with E-state index in [1.165, 1.54) is 51.4 Å². The number of carbonyl (C=O) groups is 1. The molecule has 3 nitrogen and oxygen atoms in total. The maximum Gasteiger partial charge on any atom is 0.234 e. The molecule has 3 aliphatic carbocycles. The minimum atomic E-state index is -0.0127. The summed E-state index contributed by atoms with van der Waals surface area (Å²) in [4.78, 5) is 12.4. The summed E-state index contributed by atoms with van der Waals surface area (Å²) in [6.07, 6.45) is 10.4. The second-order valence-electron chi connectivity index (χ2n) is 8.39. The van der Waals surface area contributed by atoms with Crippen LogP contribution in [-0.2, 0) is 4.79 Å². The molecule has 2 bridgehead atoms.